The first-order valence-electron chi connectivity index (χ1n) is 6.60. The molecule has 0 aliphatic heterocycles. The average molecular weight is 278 g/mol. The molecule has 0 saturated heterocycles. The third-order valence-corrected chi connectivity index (χ3v) is 3.13. The lowest BCUT2D eigenvalue weighted by molar-refractivity contribution is -0.140. The molecule has 0 aromatic heterocycles. The van der Waals surface area contributed by atoms with Crippen LogP contribution in [0.25, 0.3) is 0 Å². The van der Waals surface area contributed by atoms with Gasteiger partial charge in [0, 0.05) is 5.69 Å². The predicted octanol–water partition coefficient (Wildman–Crippen LogP) is 2.84. The van der Waals surface area contributed by atoms with Gasteiger partial charge in [-0.05, 0) is 37.8 Å². The Morgan fingerprint density at radius 2 is 1.60 bits per heavy atom. The van der Waals surface area contributed by atoms with Crippen molar-refractivity contribution in [1.29, 1.82) is 0 Å². The highest BCUT2D eigenvalue weighted by Gasteiger charge is 2.23. The van der Waals surface area contributed by atoms with Crippen molar-refractivity contribution in [2.24, 2.45) is 5.92 Å². The topological polar surface area (TPSA) is 78.4 Å². The number of carbonyl (C=O) groups is 2. The maximum Gasteiger partial charge on any atom is 0.326 e. The molecule has 0 saturated carbocycles. The Kier molecular flexibility index (Phi) is 5.13. The van der Waals surface area contributed by atoms with Gasteiger partial charge < -0.3 is 15.7 Å². The maximum absolute atomic E-state index is 11.9. The van der Waals surface area contributed by atoms with Gasteiger partial charge in [0.05, 0.1) is 0 Å². The Labute approximate surface area is 119 Å². The molecule has 0 bridgehead atoms. The molecule has 110 valence electrons. The SMILES string of the molecule is Cc1cc(C)c(NC(=O)N[C@@H](C(=O)O)C(C)C)c(C)c1. The van der Waals surface area contributed by atoms with Crippen molar-refractivity contribution in [2.45, 2.75) is 40.7 Å². The van der Waals surface area contributed by atoms with Crippen LogP contribution in [0.2, 0.25) is 0 Å². The molecule has 5 heteroatoms. The number of hydrogen-bond acceptors (Lipinski definition) is 2. The molecule has 1 aromatic carbocycles. The van der Waals surface area contributed by atoms with Crippen LogP contribution in [-0.4, -0.2) is 23.1 Å². The number of urea groups is 1. The number of anilines is 1. The second kappa shape index (κ2) is 6.41. The van der Waals surface area contributed by atoms with Crippen molar-refractivity contribution in [1.82, 2.24) is 5.32 Å². The van der Waals surface area contributed by atoms with Crippen LogP contribution in [0.3, 0.4) is 0 Å². The van der Waals surface area contributed by atoms with E-state index in [0.29, 0.717) is 0 Å². The van der Waals surface area contributed by atoms with Gasteiger partial charge in [0.25, 0.3) is 0 Å². The molecule has 0 aliphatic rings. The number of carboxylic acid groups (broad SMARTS) is 1. The van der Waals surface area contributed by atoms with E-state index in [1.807, 2.05) is 32.9 Å². The van der Waals surface area contributed by atoms with Crippen molar-refractivity contribution in [3.8, 4) is 0 Å². The van der Waals surface area contributed by atoms with Crippen molar-refractivity contribution in [2.75, 3.05) is 5.32 Å². The number of hydrogen-bond donors (Lipinski definition) is 3. The Balaban J connectivity index is 2.84. The molecule has 20 heavy (non-hydrogen) atoms. The number of aliphatic carboxylic acids is 1. The normalized spacial score (nSPS) is 12.1. The van der Waals surface area contributed by atoms with E-state index >= 15 is 0 Å². The Hall–Kier alpha value is -2.04. The number of amides is 2. The molecule has 0 spiro atoms. The fraction of sp³-hybridized carbons (Fsp3) is 0.467. The molecular weight excluding hydrogens is 256 g/mol. The maximum atomic E-state index is 11.9. The Bertz CT molecular complexity index is 501. The van der Waals surface area contributed by atoms with Crippen LogP contribution in [0, 0.1) is 26.7 Å². The van der Waals surface area contributed by atoms with Gasteiger partial charge in [0.15, 0.2) is 0 Å². The summed E-state index contributed by atoms with van der Waals surface area (Å²) in [6.07, 6.45) is 0. The largest absolute Gasteiger partial charge is 0.480 e. The van der Waals surface area contributed by atoms with E-state index < -0.39 is 18.0 Å². The molecule has 0 unspecified atom stereocenters. The van der Waals surface area contributed by atoms with E-state index in [1.54, 1.807) is 13.8 Å². The number of carboxylic acids is 1. The fourth-order valence-electron chi connectivity index (χ4n) is 2.18. The Morgan fingerprint density at radius 3 is 2.00 bits per heavy atom. The van der Waals surface area contributed by atoms with Gasteiger partial charge in [-0.2, -0.15) is 0 Å². The molecule has 0 fully saturated rings. The van der Waals surface area contributed by atoms with Crippen LogP contribution in [0.5, 0.6) is 0 Å². The number of benzene rings is 1. The quantitative estimate of drug-likeness (QED) is 0.792. The van der Waals surface area contributed by atoms with Gasteiger partial charge in [0.1, 0.15) is 6.04 Å². The summed E-state index contributed by atoms with van der Waals surface area (Å²) in [5.74, 6) is -1.22. The Morgan fingerprint density at radius 1 is 1.10 bits per heavy atom. The van der Waals surface area contributed by atoms with Crippen LogP contribution in [0.15, 0.2) is 12.1 Å². The first-order chi connectivity index (χ1) is 9.22. The number of rotatable bonds is 4. The highest BCUT2D eigenvalue weighted by molar-refractivity contribution is 5.93. The van der Waals surface area contributed by atoms with Crippen molar-refractivity contribution >= 4 is 17.7 Å². The van der Waals surface area contributed by atoms with E-state index in [9.17, 15) is 9.59 Å². The smallest absolute Gasteiger partial charge is 0.326 e. The van der Waals surface area contributed by atoms with Crippen molar-refractivity contribution < 1.29 is 14.7 Å². The molecule has 2 amide bonds. The minimum atomic E-state index is -1.03. The van der Waals surface area contributed by atoms with E-state index in [1.165, 1.54) is 0 Å². The number of carbonyl (C=O) groups excluding carboxylic acids is 1. The summed E-state index contributed by atoms with van der Waals surface area (Å²) in [5.41, 5.74) is 3.75. The van der Waals surface area contributed by atoms with E-state index in [-0.39, 0.29) is 5.92 Å². The monoisotopic (exact) mass is 278 g/mol. The minimum absolute atomic E-state index is 0.182. The van der Waals surface area contributed by atoms with Crippen LogP contribution >= 0.6 is 0 Å². The summed E-state index contributed by atoms with van der Waals surface area (Å²) in [6, 6.07) is 2.54. The minimum Gasteiger partial charge on any atom is -0.480 e. The highest BCUT2D eigenvalue weighted by atomic mass is 16.4. The van der Waals surface area contributed by atoms with Gasteiger partial charge in [-0.3, -0.25) is 0 Å². The molecule has 5 nitrogen and oxygen atoms in total. The molecular formula is C15H22N2O3. The summed E-state index contributed by atoms with van der Waals surface area (Å²) in [4.78, 5) is 23.0. The van der Waals surface area contributed by atoms with Gasteiger partial charge in [-0.25, -0.2) is 9.59 Å². The number of nitrogens with one attached hydrogen (secondary N) is 2. The molecule has 0 radical (unpaired) electrons. The lowest BCUT2D eigenvalue weighted by atomic mass is 10.0. The first kappa shape index (κ1) is 16.0. The second-order valence-corrected chi connectivity index (χ2v) is 5.43. The van der Waals surface area contributed by atoms with Crippen molar-refractivity contribution in [3.63, 3.8) is 0 Å². The third-order valence-electron chi connectivity index (χ3n) is 3.13. The van der Waals surface area contributed by atoms with Crippen LogP contribution < -0.4 is 10.6 Å². The molecule has 1 aromatic rings. The lowest BCUT2D eigenvalue weighted by Crippen LogP contribution is -2.46. The van der Waals surface area contributed by atoms with Crippen LogP contribution in [0.4, 0.5) is 10.5 Å². The van der Waals surface area contributed by atoms with E-state index in [2.05, 4.69) is 10.6 Å². The summed E-state index contributed by atoms with van der Waals surface area (Å²) >= 11 is 0. The summed E-state index contributed by atoms with van der Waals surface area (Å²) in [7, 11) is 0. The predicted molar refractivity (Wildman–Crippen MR) is 79.1 cm³/mol. The van der Waals surface area contributed by atoms with Crippen molar-refractivity contribution in [3.05, 3.63) is 28.8 Å². The zero-order chi connectivity index (χ0) is 15.4. The summed E-state index contributed by atoms with van der Waals surface area (Å²) in [6.45, 7) is 9.31. The first-order valence-corrected chi connectivity index (χ1v) is 6.60. The highest BCUT2D eigenvalue weighted by Crippen LogP contribution is 2.21. The van der Waals surface area contributed by atoms with Gasteiger partial charge >= 0.3 is 12.0 Å². The molecule has 0 aliphatic carbocycles. The zero-order valence-electron chi connectivity index (χ0n) is 12.6. The molecule has 0 heterocycles. The standard InChI is InChI=1S/C15H22N2O3/c1-8(2)12(14(18)19)16-15(20)17-13-10(4)6-9(3)7-11(13)5/h6-8,12H,1-5H3,(H,18,19)(H2,16,17,20)/t12-/m1/s1. The molecule has 1 rings (SSSR count). The third kappa shape index (κ3) is 3.98. The lowest BCUT2D eigenvalue weighted by Gasteiger charge is -2.19. The van der Waals surface area contributed by atoms with Crippen LogP contribution in [-0.2, 0) is 4.79 Å². The van der Waals surface area contributed by atoms with Gasteiger partial charge in [-0.1, -0.05) is 31.5 Å². The fourth-order valence-corrected chi connectivity index (χ4v) is 2.18. The molecule has 3 N–H and O–H groups in total. The average Bonchev–Trinajstić information content (AvgIpc) is 2.29. The number of aryl methyl sites for hydroxylation is 3. The van der Waals surface area contributed by atoms with E-state index in [4.69, 9.17) is 5.11 Å². The summed E-state index contributed by atoms with van der Waals surface area (Å²) < 4.78 is 0. The zero-order valence-corrected chi connectivity index (χ0v) is 12.6. The van der Waals surface area contributed by atoms with E-state index in [0.717, 1.165) is 22.4 Å². The van der Waals surface area contributed by atoms with Gasteiger partial charge in [0.2, 0.25) is 0 Å². The van der Waals surface area contributed by atoms with Gasteiger partial charge in [-0.15, -0.1) is 0 Å². The summed E-state index contributed by atoms with van der Waals surface area (Å²) in [5, 5.41) is 14.3. The molecule has 1 atom stereocenters. The second-order valence-electron chi connectivity index (χ2n) is 5.43. The van der Waals surface area contributed by atoms with Crippen LogP contribution in [0.1, 0.15) is 30.5 Å².